The number of hydrogen-bond acceptors (Lipinski definition) is 4. The van der Waals surface area contributed by atoms with Gasteiger partial charge in [0.2, 0.25) is 0 Å². The summed E-state index contributed by atoms with van der Waals surface area (Å²) in [5.74, 6) is 1.90. The molecule has 5 heteroatoms. The molecule has 0 atom stereocenters. The largest absolute Gasteiger partial charge is 0.484 e. The van der Waals surface area contributed by atoms with Crippen LogP contribution in [0.5, 0.6) is 17.2 Å². The lowest BCUT2D eigenvalue weighted by Crippen LogP contribution is -2.28. The zero-order chi connectivity index (χ0) is 17.3. The molecule has 1 aromatic heterocycles. The lowest BCUT2D eigenvalue weighted by atomic mass is 10.3. The summed E-state index contributed by atoms with van der Waals surface area (Å²) in [5, 5.41) is 2.78. The number of amides is 1. The molecule has 25 heavy (non-hydrogen) atoms. The highest BCUT2D eigenvalue weighted by Crippen LogP contribution is 2.23. The zero-order valence-electron chi connectivity index (χ0n) is 13.6. The van der Waals surface area contributed by atoms with Crippen LogP contribution in [0.3, 0.4) is 0 Å². The number of aromatic nitrogens is 1. The summed E-state index contributed by atoms with van der Waals surface area (Å²) >= 11 is 0. The molecule has 126 valence electrons. The number of nitrogens with one attached hydrogen (secondary N) is 1. The van der Waals surface area contributed by atoms with Crippen LogP contribution in [0.2, 0.25) is 0 Å². The van der Waals surface area contributed by atoms with Gasteiger partial charge < -0.3 is 14.8 Å². The first-order chi connectivity index (χ1) is 12.3. The van der Waals surface area contributed by atoms with Crippen LogP contribution in [0, 0.1) is 0 Å². The van der Waals surface area contributed by atoms with Crippen molar-refractivity contribution in [2.45, 2.75) is 6.54 Å². The fourth-order valence-electron chi connectivity index (χ4n) is 2.13. The molecule has 0 unspecified atom stereocenters. The number of hydrogen-bond donors (Lipinski definition) is 1. The highest BCUT2D eigenvalue weighted by atomic mass is 16.5. The van der Waals surface area contributed by atoms with Crippen LogP contribution in [0.15, 0.2) is 79.1 Å². The van der Waals surface area contributed by atoms with Gasteiger partial charge in [-0.05, 0) is 48.0 Å². The molecular formula is C20H18N2O3. The van der Waals surface area contributed by atoms with Gasteiger partial charge in [-0.15, -0.1) is 0 Å². The molecule has 5 nitrogen and oxygen atoms in total. The lowest BCUT2D eigenvalue weighted by molar-refractivity contribution is -0.123. The van der Waals surface area contributed by atoms with E-state index in [0.717, 1.165) is 11.3 Å². The zero-order valence-corrected chi connectivity index (χ0v) is 13.6. The average Bonchev–Trinajstić information content (AvgIpc) is 2.67. The molecule has 0 aliphatic rings. The number of ether oxygens (including phenoxy) is 2. The molecule has 3 aromatic rings. The summed E-state index contributed by atoms with van der Waals surface area (Å²) in [6.45, 7) is 0.388. The van der Waals surface area contributed by atoms with Crippen LogP contribution in [-0.2, 0) is 11.3 Å². The number of benzene rings is 2. The van der Waals surface area contributed by atoms with Crippen LogP contribution < -0.4 is 14.8 Å². The predicted octanol–water partition coefficient (Wildman–Crippen LogP) is 3.57. The number of pyridine rings is 1. The van der Waals surface area contributed by atoms with Gasteiger partial charge >= 0.3 is 0 Å². The maximum Gasteiger partial charge on any atom is 0.258 e. The third-order valence-corrected chi connectivity index (χ3v) is 3.39. The van der Waals surface area contributed by atoms with E-state index in [-0.39, 0.29) is 12.5 Å². The van der Waals surface area contributed by atoms with Gasteiger partial charge in [0.25, 0.3) is 5.91 Å². The Morgan fingerprint density at radius 2 is 1.60 bits per heavy atom. The van der Waals surface area contributed by atoms with Crippen molar-refractivity contribution in [1.82, 2.24) is 10.3 Å². The summed E-state index contributed by atoms with van der Waals surface area (Å²) in [6.07, 6.45) is 3.41. The van der Waals surface area contributed by atoms with Gasteiger partial charge in [0, 0.05) is 18.9 Å². The standard InChI is InChI=1S/C20H18N2O3/c23-20(22-14-16-5-4-12-21-13-16)15-24-17-8-10-19(11-9-17)25-18-6-2-1-3-7-18/h1-13H,14-15H2,(H,22,23). The summed E-state index contributed by atoms with van der Waals surface area (Å²) in [4.78, 5) is 15.8. The Morgan fingerprint density at radius 3 is 2.32 bits per heavy atom. The molecule has 0 saturated carbocycles. The van der Waals surface area contributed by atoms with Crippen LogP contribution >= 0.6 is 0 Å². The van der Waals surface area contributed by atoms with Gasteiger partial charge in [-0.2, -0.15) is 0 Å². The fraction of sp³-hybridized carbons (Fsp3) is 0.100. The normalized spacial score (nSPS) is 10.1. The molecule has 0 saturated heterocycles. The Balaban J connectivity index is 1.44. The smallest absolute Gasteiger partial charge is 0.258 e. The van der Waals surface area contributed by atoms with E-state index in [1.54, 1.807) is 36.7 Å². The second-order valence-electron chi connectivity index (χ2n) is 5.31. The van der Waals surface area contributed by atoms with Crippen molar-refractivity contribution < 1.29 is 14.3 Å². The van der Waals surface area contributed by atoms with Gasteiger partial charge in [0.05, 0.1) is 0 Å². The number of rotatable bonds is 7. The maximum absolute atomic E-state index is 11.8. The molecule has 0 aliphatic carbocycles. The molecule has 2 aromatic carbocycles. The van der Waals surface area contributed by atoms with Gasteiger partial charge in [-0.1, -0.05) is 24.3 Å². The van der Waals surface area contributed by atoms with Crippen molar-refractivity contribution in [1.29, 1.82) is 0 Å². The van der Waals surface area contributed by atoms with E-state index in [1.807, 2.05) is 42.5 Å². The van der Waals surface area contributed by atoms with E-state index < -0.39 is 0 Å². The Bertz CT molecular complexity index is 790. The van der Waals surface area contributed by atoms with E-state index in [4.69, 9.17) is 9.47 Å². The lowest BCUT2D eigenvalue weighted by Gasteiger charge is -2.09. The number of carbonyl (C=O) groups excluding carboxylic acids is 1. The molecule has 1 heterocycles. The number of nitrogens with zero attached hydrogens (tertiary/aromatic N) is 1. The summed E-state index contributed by atoms with van der Waals surface area (Å²) in [6, 6.07) is 20.4. The Hall–Kier alpha value is -3.34. The first-order valence-corrected chi connectivity index (χ1v) is 7.91. The van der Waals surface area contributed by atoms with Gasteiger partial charge in [0.1, 0.15) is 17.2 Å². The Labute approximate surface area is 146 Å². The van der Waals surface area contributed by atoms with Crippen LogP contribution in [-0.4, -0.2) is 17.5 Å². The third kappa shape index (κ3) is 5.35. The Morgan fingerprint density at radius 1 is 0.880 bits per heavy atom. The van der Waals surface area contributed by atoms with E-state index >= 15 is 0 Å². The molecule has 0 radical (unpaired) electrons. The molecule has 1 N–H and O–H groups in total. The van der Waals surface area contributed by atoms with Crippen molar-refractivity contribution >= 4 is 5.91 Å². The molecule has 3 rings (SSSR count). The third-order valence-electron chi connectivity index (χ3n) is 3.39. The first kappa shape index (κ1) is 16.5. The summed E-state index contributed by atoms with van der Waals surface area (Å²) in [7, 11) is 0. The minimum atomic E-state index is -0.187. The summed E-state index contributed by atoms with van der Waals surface area (Å²) < 4.78 is 11.2. The topological polar surface area (TPSA) is 60.5 Å². The van der Waals surface area contributed by atoms with Crippen LogP contribution in [0.1, 0.15) is 5.56 Å². The van der Waals surface area contributed by atoms with E-state index in [2.05, 4.69) is 10.3 Å². The number of para-hydroxylation sites is 1. The molecule has 1 amide bonds. The highest BCUT2D eigenvalue weighted by Gasteiger charge is 2.04. The van der Waals surface area contributed by atoms with E-state index in [1.165, 1.54) is 0 Å². The van der Waals surface area contributed by atoms with Crippen molar-refractivity contribution in [2.24, 2.45) is 0 Å². The van der Waals surface area contributed by atoms with Crippen molar-refractivity contribution in [3.63, 3.8) is 0 Å². The quantitative estimate of drug-likeness (QED) is 0.717. The van der Waals surface area contributed by atoms with Gasteiger partial charge in [-0.25, -0.2) is 0 Å². The average molecular weight is 334 g/mol. The first-order valence-electron chi connectivity index (χ1n) is 7.91. The van der Waals surface area contributed by atoms with E-state index in [0.29, 0.717) is 18.0 Å². The van der Waals surface area contributed by atoms with Gasteiger partial charge in [-0.3, -0.25) is 9.78 Å². The monoisotopic (exact) mass is 334 g/mol. The fourth-order valence-corrected chi connectivity index (χ4v) is 2.13. The molecule has 0 aliphatic heterocycles. The number of carbonyl (C=O) groups is 1. The minimum Gasteiger partial charge on any atom is -0.484 e. The molecule has 0 spiro atoms. The van der Waals surface area contributed by atoms with Crippen LogP contribution in [0.4, 0.5) is 0 Å². The second kappa shape index (κ2) is 8.49. The Kier molecular flexibility index (Phi) is 5.61. The minimum absolute atomic E-state index is 0.0425. The van der Waals surface area contributed by atoms with Gasteiger partial charge in [0.15, 0.2) is 6.61 Å². The van der Waals surface area contributed by atoms with Crippen molar-refractivity contribution in [2.75, 3.05) is 6.61 Å². The maximum atomic E-state index is 11.8. The van der Waals surface area contributed by atoms with Crippen molar-refractivity contribution in [3.05, 3.63) is 84.7 Å². The second-order valence-corrected chi connectivity index (χ2v) is 5.31. The van der Waals surface area contributed by atoms with Crippen LogP contribution in [0.25, 0.3) is 0 Å². The molecule has 0 fully saturated rings. The molecule has 0 bridgehead atoms. The SMILES string of the molecule is O=C(COc1ccc(Oc2ccccc2)cc1)NCc1cccnc1. The van der Waals surface area contributed by atoms with Crippen molar-refractivity contribution in [3.8, 4) is 17.2 Å². The van der Waals surface area contributed by atoms with E-state index in [9.17, 15) is 4.79 Å². The summed E-state index contributed by atoms with van der Waals surface area (Å²) in [5.41, 5.74) is 0.943. The predicted molar refractivity (Wildman–Crippen MR) is 94.5 cm³/mol. The molecular weight excluding hydrogens is 316 g/mol. The highest BCUT2D eigenvalue weighted by molar-refractivity contribution is 5.77.